The van der Waals surface area contributed by atoms with Crippen molar-refractivity contribution in [3.05, 3.63) is 64.8 Å². The fourth-order valence-corrected chi connectivity index (χ4v) is 3.04. The first-order chi connectivity index (χ1) is 11.6. The van der Waals surface area contributed by atoms with Crippen LogP contribution in [-0.4, -0.2) is 22.7 Å². The predicted molar refractivity (Wildman–Crippen MR) is 94.5 cm³/mol. The van der Waals surface area contributed by atoms with Crippen molar-refractivity contribution < 1.29 is 14.6 Å². The Hall–Kier alpha value is -2.46. The molecule has 2 N–H and O–H groups in total. The molecule has 0 amide bonds. The highest BCUT2D eigenvalue weighted by Gasteiger charge is 2.22. The molecule has 1 aromatic heterocycles. The van der Waals surface area contributed by atoms with E-state index in [-0.39, 0.29) is 24.1 Å². The number of carbonyl (C=O) groups excluding carboxylic acids is 1. The van der Waals surface area contributed by atoms with Gasteiger partial charge in [0.25, 0.3) is 0 Å². The fourth-order valence-electron chi connectivity index (χ4n) is 2.91. The lowest BCUT2D eigenvalue weighted by atomic mass is 9.88. The highest BCUT2D eigenvalue weighted by molar-refractivity contribution is 6.30. The normalized spacial score (nSPS) is 12.2. The Morgan fingerprint density at radius 1 is 1.25 bits per heavy atom. The maximum Gasteiger partial charge on any atom is 0.306 e. The summed E-state index contributed by atoms with van der Waals surface area (Å²) in [7, 11) is 0. The van der Waals surface area contributed by atoms with Gasteiger partial charge in [-0.05, 0) is 42.3 Å². The van der Waals surface area contributed by atoms with Crippen LogP contribution in [0, 0.1) is 0 Å². The van der Waals surface area contributed by atoms with E-state index in [0.717, 1.165) is 22.0 Å². The fraction of sp³-hybridized carbons (Fsp3) is 0.211. The molecular formula is C19H18ClNO3. The number of carbonyl (C=O) groups is 1. The molecule has 0 radical (unpaired) electrons. The van der Waals surface area contributed by atoms with Crippen molar-refractivity contribution in [2.45, 2.75) is 19.3 Å². The molecular weight excluding hydrogens is 326 g/mol. The van der Waals surface area contributed by atoms with Crippen LogP contribution in [0.3, 0.4) is 0 Å². The number of nitrogens with one attached hydrogen (secondary N) is 1. The first kappa shape index (κ1) is 16.4. The molecule has 4 nitrogen and oxygen atoms in total. The topological polar surface area (TPSA) is 62.3 Å². The van der Waals surface area contributed by atoms with E-state index in [1.807, 2.05) is 36.5 Å². The molecule has 0 aliphatic carbocycles. The second-order valence-electron chi connectivity index (χ2n) is 5.59. The van der Waals surface area contributed by atoms with Crippen molar-refractivity contribution >= 4 is 28.5 Å². The van der Waals surface area contributed by atoms with E-state index in [2.05, 4.69) is 4.98 Å². The van der Waals surface area contributed by atoms with Gasteiger partial charge < -0.3 is 14.8 Å². The van der Waals surface area contributed by atoms with Crippen molar-refractivity contribution in [2.24, 2.45) is 0 Å². The van der Waals surface area contributed by atoms with Gasteiger partial charge in [-0.1, -0.05) is 23.7 Å². The van der Waals surface area contributed by atoms with Gasteiger partial charge in [0.15, 0.2) is 0 Å². The average Bonchev–Trinajstić information content (AvgIpc) is 2.96. The van der Waals surface area contributed by atoms with Crippen LogP contribution in [-0.2, 0) is 9.53 Å². The highest BCUT2D eigenvalue weighted by Crippen LogP contribution is 2.35. The molecule has 1 unspecified atom stereocenters. The van der Waals surface area contributed by atoms with Crippen LogP contribution in [0.2, 0.25) is 5.02 Å². The number of hydrogen-bond acceptors (Lipinski definition) is 3. The van der Waals surface area contributed by atoms with E-state index in [9.17, 15) is 9.90 Å². The first-order valence-electron chi connectivity index (χ1n) is 7.79. The number of phenolic OH excluding ortho intramolecular Hbond substituents is 1. The Morgan fingerprint density at radius 3 is 2.71 bits per heavy atom. The van der Waals surface area contributed by atoms with Crippen LogP contribution in [0.4, 0.5) is 0 Å². The van der Waals surface area contributed by atoms with Gasteiger partial charge in [-0.15, -0.1) is 0 Å². The van der Waals surface area contributed by atoms with Crippen LogP contribution in [0.25, 0.3) is 10.9 Å². The first-order valence-corrected chi connectivity index (χ1v) is 8.17. The average molecular weight is 344 g/mol. The van der Waals surface area contributed by atoms with Gasteiger partial charge in [-0.2, -0.15) is 0 Å². The lowest BCUT2D eigenvalue weighted by Gasteiger charge is -2.16. The number of fused-ring (bicyclic) bond motifs is 1. The number of aromatic hydroxyl groups is 1. The molecule has 5 heteroatoms. The number of rotatable bonds is 5. The van der Waals surface area contributed by atoms with E-state index in [0.29, 0.717) is 11.6 Å². The van der Waals surface area contributed by atoms with Gasteiger partial charge in [0.05, 0.1) is 13.0 Å². The van der Waals surface area contributed by atoms with Crippen LogP contribution in [0.15, 0.2) is 48.7 Å². The number of aromatic nitrogens is 1. The molecule has 3 aromatic rings. The van der Waals surface area contributed by atoms with Crippen LogP contribution in [0.5, 0.6) is 5.75 Å². The number of halogens is 1. The molecule has 0 aliphatic heterocycles. The van der Waals surface area contributed by atoms with Gasteiger partial charge in [-0.25, -0.2) is 0 Å². The summed E-state index contributed by atoms with van der Waals surface area (Å²) in [5.74, 6) is -0.200. The summed E-state index contributed by atoms with van der Waals surface area (Å²) in [6.07, 6.45) is 2.12. The second kappa shape index (κ2) is 6.97. The summed E-state index contributed by atoms with van der Waals surface area (Å²) in [5.41, 5.74) is 2.80. The quantitative estimate of drug-likeness (QED) is 0.665. The van der Waals surface area contributed by atoms with Gasteiger partial charge in [0.2, 0.25) is 0 Å². The Morgan fingerprint density at radius 2 is 2.00 bits per heavy atom. The largest absolute Gasteiger partial charge is 0.508 e. The lowest BCUT2D eigenvalue weighted by molar-refractivity contribution is -0.143. The van der Waals surface area contributed by atoms with Crippen LogP contribution in [0.1, 0.15) is 30.4 Å². The third-order valence-corrected chi connectivity index (χ3v) is 4.27. The minimum absolute atomic E-state index is 0.153. The molecule has 3 rings (SSSR count). The molecule has 1 atom stereocenters. The molecule has 124 valence electrons. The lowest BCUT2D eigenvalue weighted by Crippen LogP contribution is -2.11. The predicted octanol–water partition coefficient (Wildman–Crippen LogP) is 4.61. The number of H-pyrrole nitrogens is 1. The molecule has 1 heterocycles. The van der Waals surface area contributed by atoms with Crippen LogP contribution < -0.4 is 0 Å². The molecule has 0 spiro atoms. The third-order valence-electron chi connectivity index (χ3n) is 4.02. The number of aromatic amines is 1. The molecule has 0 aliphatic rings. The molecule has 24 heavy (non-hydrogen) atoms. The van der Waals surface area contributed by atoms with E-state index in [4.69, 9.17) is 16.3 Å². The smallest absolute Gasteiger partial charge is 0.306 e. The monoisotopic (exact) mass is 343 g/mol. The number of hydrogen-bond donors (Lipinski definition) is 2. The SMILES string of the molecule is CCOC(=O)CC(c1ccc(Cl)cc1)c1c[nH]c2cc(O)ccc12. The number of benzene rings is 2. The van der Waals surface area contributed by atoms with Gasteiger partial charge in [-0.3, -0.25) is 4.79 Å². The molecule has 0 fully saturated rings. The van der Waals surface area contributed by atoms with Gasteiger partial charge in [0.1, 0.15) is 5.75 Å². The van der Waals surface area contributed by atoms with Gasteiger partial charge >= 0.3 is 5.97 Å². The van der Waals surface area contributed by atoms with Crippen molar-refractivity contribution in [1.82, 2.24) is 4.98 Å². The Kier molecular flexibility index (Phi) is 4.76. The Balaban J connectivity index is 2.05. The van der Waals surface area contributed by atoms with Crippen molar-refractivity contribution in [3.8, 4) is 5.75 Å². The molecule has 0 saturated carbocycles. The zero-order valence-electron chi connectivity index (χ0n) is 13.3. The minimum Gasteiger partial charge on any atom is -0.508 e. The zero-order valence-corrected chi connectivity index (χ0v) is 14.0. The zero-order chi connectivity index (χ0) is 17.1. The summed E-state index contributed by atoms with van der Waals surface area (Å²) in [5, 5.41) is 11.3. The summed E-state index contributed by atoms with van der Waals surface area (Å²) in [6.45, 7) is 2.15. The number of ether oxygens (including phenoxy) is 1. The third kappa shape index (κ3) is 3.39. The van der Waals surface area contributed by atoms with Crippen molar-refractivity contribution in [1.29, 1.82) is 0 Å². The van der Waals surface area contributed by atoms with Crippen LogP contribution >= 0.6 is 11.6 Å². The van der Waals surface area contributed by atoms with E-state index in [1.54, 1.807) is 19.1 Å². The van der Waals surface area contributed by atoms with E-state index >= 15 is 0 Å². The summed E-state index contributed by atoms with van der Waals surface area (Å²) >= 11 is 5.98. The van der Waals surface area contributed by atoms with E-state index in [1.165, 1.54) is 0 Å². The Bertz CT molecular complexity index is 855. The summed E-state index contributed by atoms with van der Waals surface area (Å²) in [4.78, 5) is 15.2. The van der Waals surface area contributed by atoms with E-state index < -0.39 is 0 Å². The minimum atomic E-state index is -0.245. The standard InChI is InChI=1S/C19H18ClNO3/c1-2-24-19(23)10-16(12-3-5-13(20)6-4-12)17-11-21-18-9-14(22)7-8-15(17)18/h3-9,11,16,21-22H,2,10H2,1H3. The molecule has 0 bridgehead atoms. The summed E-state index contributed by atoms with van der Waals surface area (Å²) < 4.78 is 5.13. The van der Waals surface area contributed by atoms with Crippen molar-refractivity contribution in [3.63, 3.8) is 0 Å². The highest BCUT2D eigenvalue weighted by atomic mass is 35.5. The Labute approximate surface area is 145 Å². The van der Waals surface area contributed by atoms with Gasteiger partial charge in [0, 0.05) is 34.1 Å². The maximum absolute atomic E-state index is 12.1. The molecule has 0 saturated heterocycles. The number of esters is 1. The second-order valence-corrected chi connectivity index (χ2v) is 6.02. The molecule has 2 aromatic carbocycles. The number of phenols is 1. The summed E-state index contributed by atoms with van der Waals surface area (Å²) in [6, 6.07) is 12.6. The maximum atomic E-state index is 12.1. The van der Waals surface area contributed by atoms with Crippen molar-refractivity contribution in [2.75, 3.05) is 6.61 Å².